The molecule has 1 aromatic rings. The van der Waals surface area contributed by atoms with Crippen molar-refractivity contribution in [3.05, 3.63) is 30.1 Å². The average molecular weight is 243 g/mol. The summed E-state index contributed by atoms with van der Waals surface area (Å²) in [5.74, 6) is 0.483. The second kappa shape index (κ2) is 7.65. The highest BCUT2D eigenvalue weighted by molar-refractivity contribution is 7.99. The van der Waals surface area contributed by atoms with Crippen LogP contribution in [0.5, 0.6) is 0 Å². The van der Waals surface area contributed by atoms with Gasteiger partial charge in [0.1, 0.15) is 5.82 Å². The molecule has 90 valence electrons. The lowest BCUT2D eigenvalue weighted by atomic mass is 10.3. The molecule has 0 fully saturated rings. The Morgan fingerprint density at radius 2 is 2.19 bits per heavy atom. The van der Waals surface area contributed by atoms with Crippen LogP contribution in [0.25, 0.3) is 0 Å². The number of hydrogen-bond donors (Lipinski definition) is 2. The van der Waals surface area contributed by atoms with Gasteiger partial charge < -0.3 is 10.4 Å². The van der Waals surface area contributed by atoms with Crippen molar-refractivity contribution in [1.29, 1.82) is 0 Å². The molecule has 0 heterocycles. The van der Waals surface area contributed by atoms with Gasteiger partial charge in [-0.1, -0.05) is 19.1 Å². The maximum Gasteiger partial charge on any atom is 0.136 e. The van der Waals surface area contributed by atoms with E-state index in [4.69, 9.17) is 5.11 Å². The summed E-state index contributed by atoms with van der Waals surface area (Å²) in [7, 11) is 0. The number of benzene rings is 1. The van der Waals surface area contributed by atoms with Gasteiger partial charge in [0, 0.05) is 16.7 Å². The minimum absolute atomic E-state index is 0.0320. The van der Waals surface area contributed by atoms with E-state index in [-0.39, 0.29) is 18.5 Å². The monoisotopic (exact) mass is 243 g/mol. The quantitative estimate of drug-likeness (QED) is 0.721. The summed E-state index contributed by atoms with van der Waals surface area (Å²) in [4.78, 5) is 0.638. The molecule has 0 aliphatic rings. The molecular weight excluding hydrogens is 225 g/mol. The lowest BCUT2D eigenvalue weighted by molar-refractivity contribution is 0.254. The number of aliphatic hydroxyl groups is 1. The molecule has 2 N–H and O–H groups in total. The van der Waals surface area contributed by atoms with E-state index in [1.54, 1.807) is 12.1 Å². The normalized spacial score (nSPS) is 12.7. The minimum atomic E-state index is -0.195. The molecule has 2 nitrogen and oxygen atoms in total. The topological polar surface area (TPSA) is 32.3 Å². The second-order valence-electron chi connectivity index (χ2n) is 3.58. The fraction of sp³-hybridized carbons (Fsp3) is 0.500. The predicted molar refractivity (Wildman–Crippen MR) is 66.3 cm³/mol. The van der Waals surface area contributed by atoms with E-state index in [1.165, 1.54) is 17.8 Å². The first kappa shape index (κ1) is 13.5. The van der Waals surface area contributed by atoms with Gasteiger partial charge in [0.2, 0.25) is 0 Å². The fourth-order valence-electron chi connectivity index (χ4n) is 1.28. The maximum absolute atomic E-state index is 13.3. The number of halogens is 1. The summed E-state index contributed by atoms with van der Waals surface area (Å²) >= 11 is 1.43. The van der Waals surface area contributed by atoms with Crippen molar-refractivity contribution in [3.63, 3.8) is 0 Å². The Hall–Kier alpha value is -0.580. The number of nitrogens with one attached hydrogen (secondary N) is 1. The third-order valence-electron chi connectivity index (χ3n) is 2.18. The summed E-state index contributed by atoms with van der Waals surface area (Å²) in [5.41, 5.74) is 0. The Morgan fingerprint density at radius 3 is 2.81 bits per heavy atom. The molecular formula is C12H18FNOS. The minimum Gasteiger partial charge on any atom is -0.395 e. The van der Waals surface area contributed by atoms with Crippen LogP contribution in [0, 0.1) is 5.82 Å². The molecule has 0 saturated heterocycles. The van der Waals surface area contributed by atoms with Gasteiger partial charge in [-0.2, -0.15) is 0 Å². The molecule has 0 radical (unpaired) electrons. The molecule has 0 aliphatic carbocycles. The van der Waals surface area contributed by atoms with E-state index in [1.807, 2.05) is 6.07 Å². The maximum atomic E-state index is 13.3. The summed E-state index contributed by atoms with van der Waals surface area (Å²) < 4.78 is 13.3. The van der Waals surface area contributed by atoms with Crippen molar-refractivity contribution < 1.29 is 9.50 Å². The van der Waals surface area contributed by atoms with Crippen LogP contribution in [0.2, 0.25) is 0 Å². The molecule has 1 aromatic carbocycles. The molecule has 0 aromatic heterocycles. The molecule has 1 unspecified atom stereocenters. The first-order chi connectivity index (χ1) is 7.77. The van der Waals surface area contributed by atoms with Crippen LogP contribution in [0.15, 0.2) is 29.2 Å². The molecule has 4 heteroatoms. The molecule has 1 rings (SSSR count). The van der Waals surface area contributed by atoms with Crippen LogP contribution in [0.3, 0.4) is 0 Å². The van der Waals surface area contributed by atoms with Crippen LogP contribution in [0.1, 0.15) is 13.3 Å². The molecule has 0 amide bonds. The first-order valence-corrected chi connectivity index (χ1v) is 6.48. The molecule has 0 saturated carbocycles. The zero-order chi connectivity index (χ0) is 11.8. The van der Waals surface area contributed by atoms with Gasteiger partial charge in [-0.15, -0.1) is 11.8 Å². The van der Waals surface area contributed by atoms with E-state index in [0.717, 1.165) is 13.0 Å². The Bertz CT molecular complexity index is 309. The third kappa shape index (κ3) is 4.51. The first-order valence-electron chi connectivity index (χ1n) is 5.49. The van der Waals surface area contributed by atoms with E-state index in [0.29, 0.717) is 10.6 Å². The van der Waals surface area contributed by atoms with Crippen LogP contribution < -0.4 is 5.32 Å². The molecule has 1 atom stereocenters. The van der Waals surface area contributed by atoms with E-state index >= 15 is 0 Å². The highest BCUT2D eigenvalue weighted by Gasteiger charge is 2.08. The van der Waals surface area contributed by atoms with Gasteiger partial charge in [-0.3, -0.25) is 0 Å². The fourth-order valence-corrected chi connectivity index (χ4v) is 2.26. The van der Waals surface area contributed by atoms with Gasteiger partial charge in [-0.05, 0) is 25.1 Å². The number of rotatable bonds is 7. The van der Waals surface area contributed by atoms with Crippen molar-refractivity contribution in [2.75, 3.05) is 18.9 Å². The lowest BCUT2D eigenvalue weighted by Crippen LogP contribution is -2.35. The van der Waals surface area contributed by atoms with Gasteiger partial charge in [-0.25, -0.2) is 4.39 Å². The van der Waals surface area contributed by atoms with Crippen molar-refractivity contribution in [2.24, 2.45) is 0 Å². The van der Waals surface area contributed by atoms with Crippen molar-refractivity contribution in [3.8, 4) is 0 Å². The molecule has 0 aliphatic heterocycles. The largest absolute Gasteiger partial charge is 0.395 e. The smallest absolute Gasteiger partial charge is 0.136 e. The number of thioether (sulfide) groups is 1. The summed E-state index contributed by atoms with van der Waals surface area (Å²) in [6, 6.07) is 6.74. The zero-order valence-electron chi connectivity index (χ0n) is 9.45. The van der Waals surface area contributed by atoms with Crippen LogP contribution in [-0.2, 0) is 0 Å². The number of hydrogen-bond acceptors (Lipinski definition) is 3. The summed E-state index contributed by atoms with van der Waals surface area (Å²) in [5, 5.41) is 12.3. The van der Waals surface area contributed by atoms with Crippen LogP contribution in [0.4, 0.5) is 4.39 Å². The Balaban J connectivity index is 2.40. The standard InChI is InChI=1S/C12H18FNOS/c1-2-7-14-10(8-15)9-16-12-6-4-3-5-11(12)13/h3-6,10,14-15H,2,7-9H2,1H3. The lowest BCUT2D eigenvalue weighted by Gasteiger charge is -2.15. The molecule has 0 spiro atoms. The second-order valence-corrected chi connectivity index (χ2v) is 4.64. The Kier molecular flexibility index (Phi) is 6.45. The van der Waals surface area contributed by atoms with Crippen molar-refractivity contribution >= 4 is 11.8 Å². The molecule has 16 heavy (non-hydrogen) atoms. The van der Waals surface area contributed by atoms with Crippen LogP contribution in [-0.4, -0.2) is 30.1 Å². The highest BCUT2D eigenvalue weighted by atomic mass is 32.2. The average Bonchev–Trinajstić information content (AvgIpc) is 2.31. The van der Waals surface area contributed by atoms with Gasteiger partial charge in [0.25, 0.3) is 0 Å². The molecule has 0 bridgehead atoms. The predicted octanol–water partition coefficient (Wildman–Crippen LogP) is 2.28. The number of aliphatic hydroxyl groups excluding tert-OH is 1. The summed E-state index contributed by atoms with van der Waals surface area (Å²) in [6.07, 6.45) is 1.03. The third-order valence-corrected chi connectivity index (χ3v) is 3.39. The summed E-state index contributed by atoms with van der Waals surface area (Å²) in [6.45, 7) is 3.04. The SMILES string of the molecule is CCCNC(CO)CSc1ccccc1F. The van der Waals surface area contributed by atoms with E-state index in [9.17, 15) is 4.39 Å². The Labute approximate surface area is 100 Å². The van der Waals surface area contributed by atoms with Crippen LogP contribution >= 0.6 is 11.8 Å². The Morgan fingerprint density at radius 1 is 1.44 bits per heavy atom. The van der Waals surface area contributed by atoms with Crippen molar-refractivity contribution in [1.82, 2.24) is 5.32 Å². The van der Waals surface area contributed by atoms with Crippen molar-refractivity contribution in [2.45, 2.75) is 24.3 Å². The van der Waals surface area contributed by atoms with E-state index < -0.39 is 0 Å². The van der Waals surface area contributed by atoms with E-state index in [2.05, 4.69) is 12.2 Å². The van der Waals surface area contributed by atoms with Gasteiger partial charge >= 0.3 is 0 Å². The van der Waals surface area contributed by atoms with Gasteiger partial charge in [0.15, 0.2) is 0 Å². The highest BCUT2D eigenvalue weighted by Crippen LogP contribution is 2.21. The van der Waals surface area contributed by atoms with Gasteiger partial charge in [0.05, 0.1) is 6.61 Å². The zero-order valence-corrected chi connectivity index (χ0v) is 10.3.